The molecule has 0 bridgehead atoms. The Labute approximate surface area is 148 Å². The quantitative estimate of drug-likeness (QED) is 0.642. The first-order valence-corrected chi connectivity index (χ1v) is 9.52. The normalized spacial score (nSPS) is 11.4. The largest absolute Gasteiger partial charge is 0.481 e. The lowest BCUT2D eigenvalue weighted by molar-refractivity contribution is -0.136. The molecule has 1 aromatic carbocycles. The predicted octanol–water partition coefficient (Wildman–Crippen LogP) is 1.49. The van der Waals surface area contributed by atoms with Crippen molar-refractivity contribution >= 4 is 21.9 Å². The topological polar surface area (TPSA) is 113 Å². The van der Waals surface area contributed by atoms with Crippen LogP contribution in [0.4, 0.5) is 0 Å². The van der Waals surface area contributed by atoms with Gasteiger partial charge in [0.05, 0.1) is 11.3 Å². The molecule has 0 radical (unpaired) electrons. The maximum absolute atomic E-state index is 12.7. The smallest absolute Gasteiger partial charge is 0.305 e. The highest BCUT2D eigenvalue weighted by molar-refractivity contribution is 7.89. The van der Waals surface area contributed by atoms with E-state index < -0.39 is 21.9 Å². The van der Waals surface area contributed by atoms with Crippen LogP contribution < -0.4 is 10.0 Å². The van der Waals surface area contributed by atoms with Crippen molar-refractivity contribution in [3.8, 4) is 0 Å². The second kappa shape index (κ2) is 8.44. The molecule has 1 aromatic rings. The van der Waals surface area contributed by atoms with Crippen molar-refractivity contribution in [3.05, 3.63) is 27.8 Å². The zero-order valence-electron chi connectivity index (χ0n) is 15.3. The average molecular weight is 370 g/mol. The van der Waals surface area contributed by atoms with Crippen molar-refractivity contribution < 1.29 is 23.1 Å². The third-order valence-electron chi connectivity index (χ3n) is 4.51. The van der Waals surface area contributed by atoms with Crippen LogP contribution in [0.5, 0.6) is 0 Å². The summed E-state index contributed by atoms with van der Waals surface area (Å²) in [5.74, 6) is -1.40. The lowest BCUT2D eigenvalue weighted by Crippen LogP contribution is -2.32. The number of carboxylic acids is 1. The Morgan fingerprint density at radius 1 is 0.840 bits per heavy atom. The number of amides is 1. The summed E-state index contributed by atoms with van der Waals surface area (Å²) < 4.78 is 27.8. The predicted molar refractivity (Wildman–Crippen MR) is 95.2 cm³/mol. The second-order valence-electron chi connectivity index (χ2n) is 6.10. The van der Waals surface area contributed by atoms with Crippen LogP contribution in [0.25, 0.3) is 0 Å². The molecule has 0 aliphatic carbocycles. The van der Waals surface area contributed by atoms with E-state index in [0.29, 0.717) is 11.1 Å². The van der Waals surface area contributed by atoms with Gasteiger partial charge in [0, 0.05) is 19.5 Å². The van der Waals surface area contributed by atoms with Crippen molar-refractivity contribution in [1.82, 2.24) is 10.0 Å². The molecule has 0 aromatic heterocycles. The number of carbonyl (C=O) groups is 2. The molecule has 3 N–H and O–H groups in total. The lowest BCUT2D eigenvalue weighted by Gasteiger charge is -2.19. The number of benzene rings is 1. The van der Waals surface area contributed by atoms with Gasteiger partial charge in [0.1, 0.15) is 0 Å². The highest BCUT2D eigenvalue weighted by atomic mass is 32.2. The monoisotopic (exact) mass is 370 g/mol. The van der Waals surface area contributed by atoms with Crippen molar-refractivity contribution in [1.29, 1.82) is 0 Å². The van der Waals surface area contributed by atoms with E-state index in [1.807, 2.05) is 20.8 Å². The van der Waals surface area contributed by atoms with E-state index in [1.54, 1.807) is 13.8 Å². The number of hydrogen-bond donors (Lipinski definition) is 3. The van der Waals surface area contributed by atoms with Gasteiger partial charge < -0.3 is 10.4 Å². The molecule has 140 valence electrons. The number of carbonyl (C=O) groups excluding carboxylic acids is 1. The standard InChI is InChI=1S/C17H26N2O5S/c1-10-11(2)13(4)17(14(5)12(10)3)25(23,24)19-9-6-15(20)18-8-7-16(21)22/h19H,6-9H2,1-5H3,(H,18,20)(H,21,22). The zero-order valence-corrected chi connectivity index (χ0v) is 16.1. The van der Waals surface area contributed by atoms with E-state index in [-0.39, 0.29) is 30.8 Å². The Kier molecular flexibility index (Phi) is 7.13. The van der Waals surface area contributed by atoms with Crippen LogP contribution in [0.1, 0.15) is 40.7 Å². The fourth-order valence-electron chi connectivity index (χ4n) is 2.64. The summed E-state index contributed by atoms with van der Waals surface area (Å²) in [5.41, 5.74) is 4.37. The van der Waals surface area contributed by atoms with Crippen molar-refractivity contribution in [2.45, 2.75) is 52.4 Å². The first kappa shape index (κ1) is 21.1. The molecule has 0 unspecified atom stereocenters. The molecule has 1 amide bonds. The van der Waals surface area contributed by atoms with Crippen molar-refractivity contribution in [3.63, 3.8) is 0 Å². The molecule has 0 aliphatic heterocycles. The zero-order chi connectivity index (χ0) is 19.4. The fraction of sp³-hybridized carbons (Fsp3) is 0.529. The molecule has 0 atom stereocenters. The highest BCUT2D eigenvalue weighted by Crippen LogP contribution is 2.29. The van der Waals surface area contributed by atoms with E-state index in [4.69, 9.17) is 5.11 Å². The molecule has 7 nitrogen and oxygen atoms in total. The van der Waals surface area contributed by atoms with Crippen molar-refractivity contribution in [2.24, 2.45) is 0 Å². The van der Waals surface area contributed by atoms with Gasteiger partial charge in [0.15, 0.2) is 0 Å². The number of hydrogen-bond acceptors (Lipinski definition) is 4. The molecule has 0 fully saturated rings. The SMILES string of the molecule is Cc1c(C)c(C)c(S(=O)(=O)NCCC(=O)NCCC(=O)O)c(C)c1C. The van der Waals surface area contributed by atoms with Crippen LogP contribution in [0.3, 0.4) is 0 Å². The van der Waals surface area contributed by atoms with Crippen molar-refractivity contribution in [2.75, 3.05) is 13.1 Å². The fourth-order valence-corrected chi connectivity index (χ4v) is 4.26. The minimum Gasteiger partial charge on any atom is -0.481 e. The van der Waals surface area contributed by atoms with E-state index in [9.17, 15) is 18.0 Å². The number of rotatable bonds is 8. The number of carboxylic acid groups (broad SMARTS) is 1. The first-order valence-electron chi connectivity index (χ1n) is 8.04. The van der Waals surface area contributed by atoms with E-state index in [2.05, 4.69) is 10.0 Å². The summed E-state index contributed by atoms with van der Waals surface area (Å²) >= 11 is 0. The van der Waals surface area contributed by atoms with Gasteiger partial charge in [-0.3, -0.25) is 9.59 Å². The Hall–Kier alpha value is -1.93. The van der Waals surface area contributed by atoms with Gasteiger partial charge in [-0.15, -0.1) is 0 Å². The minimum absolute atomic E-state index is 0.0233. The Morgan fingerprint density at radius 3 is 1.80 bits per heavy atom. The Bertz CT molecular complexity index is 756. The Morgan fingerprint density at radius 2 is 1.32 bits per heavy atom. The van der Waals surface area contributed by atoms with Crippen LogP contribution in [-0.2, 0) is 19.6 Å². The van der Waals surface area contributed by atoms with Gasteiger partial charge in [-0.25, -0.2) is 13.1 Å². The molecular formula is C17H26N2O5S. The van der Waals surface area contributed by atoms with Gasteiger partial charge in [-0.1, -0.05) is 0 Å². The van der Waals surface area contributed by atoms with Crippen LogP contribution in [0.15, 0.2) is 4.90 Å². The Balaban J connectivity index is 2.81. The maximum atomic E-state index is 12.7. The number of aliphatic carboxylic acids is 1. The van der Waals surface area contributed by atoms with Gasteiger partial charge in [0.2, 0.25) is 15.9 Å². The summed E-state index contributed by atoms with van der Waals surface area (Å²) in [7, 11) is -3.74. The third kappa shape index (κ3) is 5.27. The lowest BCUT2D eigenvalue weighted by atomic mass is 9.95. The summed E-state index contributed by atoms with van der Waals surface area (Å²) in [6.07, 6.45) is -0.224. The minimum atomic E-state index is -3.74. The molecule has 0 heterocycles. The average Bonchev–Trinajstić information content (AvgIpc) is 2.50. The molecule has 1 rings (SSSR count). The second-order valence-corrected chi connectivity index (χ2v) is 7.80. The summed E-state index contributed by atoms with van der Waals surface area (Å²) in [4.78, 5) is 22.2. The number of sulfonamides is 1. The van der Waals surface area contributed by atoms with Crippen LogP contribution in [0.2, 0.25) is 0 Å². The van der Waals surface area contributed by atoms with Gasteiger partial charge in [-0.2, -0.15) is 0 Å². The summed E-state index contributed by atoms with van der Waals surface area (Å²) in [6.45, 7) is 9.29. The van der Waals surface area contributed by atoms with Gasteiger partial charge in [0.25, 0.3) is 0 Å². The van der Waals surface area contributed by atoms with E-state index >= 15 is 0 Å². The van der Waals surface area contributed by atoms with E-state index in [1.165, 1.54) is 0 Å². The molecular weight excluding hydrogens is 344 g/mol. The van der Waals surface area contributed by atoms with Crippen LogP contribution in [-0.4, -0.2) is 38.5 Å². The number of nitrogens with one attached hydrogen (secondary N) is 2. The molecule has 0 saturated heterocycles. The van der Waals surface area contributed by atoms with Gasteiger partial charge >= 0.3 is 5.97 Å². The molecule has 0 spiro atoms. The molecule has 25 heavy (non-hydrogen) atoms. The molecule has 8 heteroatoms. The summed E-state index contributed by atoms with van der Waals surface area (Å²) in [5, 5.41) is 10.9. The maximum Gasteiger partial charge on any atom is 0.305 e. The van der Waals surface area contributed by atoms with Crippen LogP contribution >= 0.6 is 0 Å². The molecule has 0 saturated carbocycles. The third-order valence-corrected chi connectivity index (χ3v) is 6.24. The summed E-state index contributed by atoms with van der Waals surface area (Å²) in [6, 6.07) is 0. The first-order chi connectivity index (χ1) is 11.5. The van der Waals surface area contributed by atoms with Crippen LogP contribution in [0, 0.1) is 34.6 Å². The molecule has 0 aliphatic rings. The van der Waals surface area contributed by atoms with E-state index in [0.717, 1.165) is 16.7 Å². The van der Waals surface area contributed by atoms with Gasteiger partial charge in [-0.05, 0) is 62.4 Å². The highest BCUT2D eigenvalue weighted by Gasteiger charge is 2.23.